The van der Waals surface area contributed by atoms with Gasteiger partial charge in [-0.05, 0) is 31.2 Å². The summed E-state index contributed by atoms with van der Waals surface area (Å²) < 4.78 is 11.9. The van der Waals surface area contributed by atoms with Crippen molar-refractivity contribution >= 4 is 22.0 Å². The summed E-state index contributed by atoms with van der Waals surface area (Å²) >= 11 is 3.63. The topological polar surface area (TPSA) is 47.9 Å². The molecule has 0 aromatic heterocycles. The number of methoxy groups -OCH3 is 2. The van der Waals surface area contributed by atoms with E-state index in [2.05, 4.69) is 34.8 Å². The van der Waals surface area contributed by atoms with Gasteiger partial charge in [0, 0.05) is 15.6 Å². The number of aliphatic imine (C=N–C) groups is 1. The van der Waals surface area contributed by atoms with Gasteiger partial charge in [-0.1, -0.05) is 29.8 Å². The van der Waals surface area contributed by atoms with Crippen LogP contribution in [0.4, 0.5) is 0 Å². The van der Waals surface area contributed by atoms with E-state index in [0.29, 0.717) is 5.75 Å². The lowest BCUT2D eigenvalue weighted by atomic mass is 9.69. The van der Waals surface area contributed by atoms with E-state index < -0.39 is 5.54 Å². The van der Waals surface area contributed by atoms with Crippen LogP contribution in [0, 0.1) is 0 Å². The van der Waals surface area contributed by atoms with E-state index in [-0.39, 0.29) is 5.92 Å². The van der Waals surface area contributed by atoms with Gasteiger partial charge in [-0.15, -0.1) is 0 Å². The lowest BCUT2D eigenvalue weighted by Crippen LogP contribution is -2.34. The van der Waals surface area contributed by atoms with Gasteiger partial charge in [-0.3, -0.25) is 0 Å². The van der Waals surface area contributed by atoms with Crippen LogP contribution in [0.3, 0.4) is 0 Å². The molecule has 1 aromatic rings. The van der Waals surface area contributed by atoms with Crippen molar-refractivity contribution in [1.29, 1.82) is 0 Å². The van der Waals surface area contributed by atoms with E-state index in [1.807, 2.05) is 6.07 Å². The Kier molecular flexibility index (Phi) is 4.74. The van der Waals surface area contributed by atoms with Crippen LogP contribution in [0.1, 0.15) is 50.2 Å². The van der Waals surface area contributed by atoms with Crippen LogP contribution in [-0.4, -0.2) is 20.3 Å². The molecular weight excluding hydrogens is 334 g/mol. The minimum absolute atomic E-state index is 0.223. The van der Waals surface area contributed by atoms with Crippen LogP contribution < -0.4 is 9.47 Å². The zero-order valence-electron chi connectivity index (χ0n) is 12.8. The molecule has 0 unspecified atom stereocenters. The molecule has 114 valence electrons. The molecule has 4 nitrogen and oxygen atoms in total. The number of nitrogens with zero attached hydrogens (tertiary/aromatic N) is 1. The Labute approximate surface area is 133 Å². The molecule has 0 atom stereocenters. The molecule has 1 aliphatic carbocycles. The Morgan fingerprint density at radius 2 is 2.00 bits per heavy atom. The number of halogens is 1. The smallest absolute Gasteiger partial charge is 0.235 e. The van der Waals surface area contributed by atoms with Crippen molar-refractivity contribution in [3.8, 4) is 11.5 Å². The van der Waals surface area contributed by atoms with Gasteiger partial charge >= 0.3 is 0 Å². The highest BCUT2D eigenvalue weighted by Crippen LogP contribution is 2.53. The molecule has 5 heteroatoms. The summed E-state index contributed by atoms with van der Waals surface area (Å²) in [5.41, 5.74) is 1.60. The van der Waals surface area contributed by atoms with E-state index in [0.717, 1.165) is 40.6 Å². The number of ether oxygens (including phenoxy) is 2. The number of hydrogen-bond acceptors (Lipinski definition) is 4. The molecule has 21 heavy (non-hydrogen) atoms. The Balaban J connectivity index is 2.78. The second-order valence-corrected chi connectivity index (χ2v) is 6.48. The Hall–Kier alpha value is -1.32. The summed E-state index contributed by atoms with van der Waals surface area (Å²) in [7, 11) is 3.26. The summed E-state index contributed by atoms with van der Waals surface area (Å²) in [6.45, 7) is 4.20. The number of isocyanates is 1. The molecule has 0 N–H and O–H groups in total. The summed E-state index contributed by atoms with van der Waals surface area (Å²) in [5.74, 6) is 1.63. The Morgan fingerprint density at radius 1 is 1.33 bits per heavy atom. The largest absolute Gasteiger partial charge is 0.493 e. The van der Waals surface area contributed by atoms with Crippen molar-refractivity contribution in [2.45, 2.75) is 44.6 Å². The zero-order chi connectivity index (χ0) is 15.6. The first-order valence-electron chi connectivity index (χ1n) is 7.04. The summed E-state index contributed by atoms with van der Waals surface area (Å²) in [6.07, 6.45) is 4.52. The molecule has 0 radical (unpaired) electrons. The van der Waals surface area contributed by atoms with E-state index in [9.17, 15) is 4.79 Å². The monoisotopic (exact) mass is 353 g/mol. The molecule has 2 rings (SSSR count). The molecule has 0 amide bonds. The second kappa shape index (κ2) is 6.20. The van der Waals surface area contributed by atoms with E-state index in [4.69, 9.17) is 9.47 Å². The van der Waals surface area contributed by atoms with Gasteiger partial charge in [0.2, 0.25) is 6.08 Å². The average molecular weight is 354 g/mol. The molecule has 1 aromatic carbocycles. The predicted octanol–water partition coefficient (Wildman–Crippen LogP) is 4.30. The maximum atomic E-state index is 10.9. The van der Waals surface area contributed by atoms with Gasteiger partial charge in [0.15, 0.2) is 11.5 Å². The van der Waals surface area contributed by atoms with Crippen molar-refractivity contribution < 1.29 is 14.3 Å². The molecule has 0 heterocycles. The molecule has 0 aliphatic heterocycles. The SMILES string of the molecule is COc1cc(Br)c(C2(N=C=O)CCC2)c(C(C)C)c1OC. The van der Waals surface area contributed by atoms with Gasteiger partial charge in [0.05, 0.1) is 19.8 Å². The molecule has 1 aliphatic rings. The van der Waals surface area contributed by atoms with Gasteiger partial charge in [0.25, 0.3) is 0 Å². The van der Waals surface area contributed by atoms with Gasteiger partial charge in [-0.2, -0.15) is 4.99 Å². The average Bonchev–Trinajstić information content (AvgIpc) is 2.41. The van der Waals surface area contributed by atoms with E-state index >= 15 is 0 Å². The molecule has 0 spiro atoms. The third kappa shape index (κ3) is 2.60. The second-order valence-electron chi connectivity index (χ2n) is 5.63. The Bertz CT molecular complexity index is 588. The summed E-state index contributed by atoms with van der Waals surface area (Å²) in [5, 5.41) is 0. The fourth-order valence-corrected chi connectivity index (χ4v) is 3.82. The molecular formula is C16H20BrNO3. The van der Waals surface area contributed by atoms with Crippen LogP contribution in [0.5, 0.6) is 11.5 Å². The normalized spacial score (nSPS) is 16.1. The van der Waals surface area contributed by atoms with Crippen molar-refractivity contribution in [2.75, 3.05) is 14.2 Å². The fourth-order valence-electron chi connectivity index (χ4n) is 3.03. The first kappa shape index (κ1) is 16.1. The number of hydrogen-bond donors (Lipinski definition) is 0. The fraction of sp³-hybridized carbons (Fsp3) is 0.562. The van der Waals surface area contributed by atoms with Gasteiger partial charge in [-0.25, -0.2) is 4.79 Å². The van der Waals surface area contributed by atoms with Gasteiger partial charge < -0.3 is 9.47 Å². The number of carbonyl (C=O) groups excluding carboxylic acids is 1. The lowest BCUT2D eigenvalue weighted by Gasteiger charge is -2.40. The van der Waals surface area contributed by atoms with Crippen LogP contribution >= 0.6 is 15.9 Å². The molecule has 0 saturated heterocycles. The highest BCUT2D eigenvalue weighted by atomic mass is 79.9. The third-order valence-corrected chi connectivity index (χ3v) is 4.77. The quantitative estimate of drug-likeness (QED) is 0.585. The maximum absolute atomic E-state index is 10.9. The highest BCUT2D eigenvalue weighted by Gasteiger charge is 2.43. The predicted molar refractivity (Wildman–Crippen MR) is 85.0 cm³/mol. The molecule has 0 bridgehead atoms. The first-order chi connectivity index (χ1) is 10.0. The van der Waals surface area contributed by atoms with Gasteiger partial charge in [0.1, 0.15) is 0 Å². The molecule has 1 fully saturated rings. The summed E-state index contributed by atoms with van der Waals surface area (Å²) in [6, 6.07) is 1.89. The van der Waals surface area contributed by atoms with Crippen LogP contribution in [0.15, 0.2) is 15.5 Å². The van der Waals surface area contributed by atoms with Crippen molar-refractivity contribution in [3.63, 3.8) is 0 Å². The third-order valence-electron chi connectivity index (χ3n) is 4.14. The van der Waals surface area contributed by atoms with Crippen molar-refractivity contribution in [1.82, 2.24) is 0 Å². The van der Waals surface area contributed by atoms with E-state index in [1.165, 1.54) is 0 Å². The number of rotatable bonds is 5. The highest BCUT2D eigenvalue weighted by molar-refractivity contribution is 9.10. The zero-order valence-corrected chi connectivity index (χ0v) is 14.4. The standard InChI is InChI=1S/C16H20BrNO3/c1-10(2)13-14(16(18-9-19)6-5-7-16)11(17)8-12(20-3)15(13)21-4/h8,10H,5-7H2,1-4H3. The van der Waals surface area contributed by atoms with Crippen molar-refractivity contribution in [3.05, 3.63) is 21.7 Å². The van der Waals surface area contributed by atoms with Crippen LogP contribution in [0.2, 0.25) is 0 Å². The number of benzene rings is 1. The maximum Gasteiger partial charge on any atom is 0.235 e. The van der Waals surface area contributed by atoms with Crippen LogP contribution in [-0.2, 0) is 10.3 Å². The molecule has 1 saturated carbocycles. The minimum atomic E-state index is -0.472. The van der Waals surface area contributed by atoms with Crippen LogP contribution in [0.25, 0.3) is 0 Å². The first-order valence-corrected chi connectivity index (χ1v) is 7.84. The van der Waals surface area contributed by atoms with Crippen molar-refractivity contribution in [2.24, 2.45) is 4.99 Å². The minimum Gasteiger partial charge on any atom is -0.493 e. The Morgan fingerprint density at radius 3 is 2.38 bits per heavy atom. The lowest BCUT2D eigenvalue weighted by molar-refractivity contribution is 0.249. The summed E-state index contributed by atoms with van der Waals surface area (Å²) in [4.78, 5) is 15.0. The van der Waals surface area contributed by atoms with E-state index in [1.54, 1.807) is 20.3 Å².